The zero-order valence-electron chi connectivity index (χ0n) is 16.4. The van der Waals surface area contributed by atoms with Crippen molar-refractivity contribution >= 4 is 17.9 Å². The molecule has 3 rings (SSSR count). The number of amides is 2. The van der Waals surface area contributed by atoms with Gasteiger partial charge in [0.2, 0.25) is 5.91 Å². The lowest BCUT2D eigenvalue weighted by Gasteiger charge is -2.31. The zero-order valence-corrected chi connectivity index (χ0v) is 16.4. The van der Waals surface area contributed by atoms with Gasteiger partial charge in [-0.15, -0.1) is 5.10 Å². The molecule has 1 aromatic carbocycles. The minimum Gasteiger partial charge on any atom is -0.352 e. The summed E-state index contributed by atoms with van der Waals surface area (Å²) in [7, 11) is 2.04. The number of carbonyl (C=O) groups is 2. The molecule has 0 atom stereocenters. The average Bonchev–Trinajstić information content (AvgIpc) is 3.19. The Hall–Kier alpha value is -3.07. The van der Waals surface area contributed by atoms with Gasteiger partial charge >= 0.3 is 0 Å². The van der Waals surface area contributed by atoms with Crippen molar-refractivity contribution in [3.05, 3.63) is 53.6 Å². The van der Waals surface area contributed by atoms with Gasteiger partial charge in [-0.25, -0.2) is 4.39 Å². The number of benzene rings is 1. The Balaban J connectivity index is 1.38. The van der Waals surface area contributed by atoms with Crippen molar-refractivity contribution in [1.82, 2.24) is 30.1 Å². The van der Waals surface area contributed by atoms with Crippen LogP contribution in [-0.4, -0.2) is 76.4 Å². The van der Waals surface area contributed by atoms with Gasteiger partial charge in [-0.2, -0.15) is 0 Å². The lowest BCUT2D eigenvalue weighted by atomic mass is 10.2. The van der Waals surface area contributed by atoms with E-state index < -0.39 is 0 Å². The third-order valence-corrected chi connectivity index (χ3v) is 4.69. The molecule has 2 heterocycles. The summed E-state index contributed by atoms with van der Waals surface area (Å²) >= 11 is 0. The predicted molar refractivity (Wildman–Crippen MR) is 106 cm³/mol. The fourth-order valence-electron chi connectivity index (χ4n) is 2.97. The van der Waals surface area contributed by atoms with Gasteiger partial charge in [0, 0.05) is 45.3 Å². The molecule has 0 saturated carbocycles. The van der Waals surface area contributed by atoms with Crippen molar-refractivity contribution in [1.29, 1.82) is 0 Å². The Kier molecular flexibility index (Phi) is 7.07. The highest BCUT2D eigenvalue weighted by Gasteiger charge is 2.22. The molecule has 1 fully saturated rings. The summed E-state index contributed by atoms with van der Waals surface area (Å²) in [5.74, 6) is -0.690. The number of rotatable bonds is 7. The molecular weight excluding hydrogens is 375 g/mol. The first-order chi connectivity index (χ1) is 14.0. The molecule has 9 heteroatoms. The van der Waals surface area contributed by atoms with Crippen molar-refractivity contribution in [2.75, 3.05) is 39.8 Å². The molecule has 0 bridgehead atoms. The number of piperazine rings is 1. The van der Waals surface area contributed by atoms with Crippen molar-refractivity contribution < 1.29 is 14.0 Å². The quantitative estimate of drug-likeness (QED) is 0.554. The topological polar surface area (TPSA) is 83.4 Å². The van der Waals surface area contributed by atoms with Crippen LogP contribution in [0.15, 0.2) is 36.5 Å². The number of halogens is 1. The van der Waals surface area contributed by atoms with Crippen molar-refractivity contribution in [2.45, 2.75) is 13.0 Å². The van der Waals surface area contributed by atoms with E-state index in [4.69, 9.17) is 0 Å². The largest absolute Gasteiger partial charge is 0.352 e. The fraction of sp³-hybridized carbons (Fsp3) is 0.400. The standard InChI is InChI=1S/C20H25FN6O2/c1-25-10-12-26(13-11-25)20(29)18-15-27(24-23-18)9-3-8-22-19(28)7-6-16-4-2-5-17(21)14-16/h2,4-7,14-15H,3,8-13H2,1H3,(H,22,28). The molecule has 2 aromatic rings. The van der Waals surface area contributed by atoms with Crippen LogP contribution in [0.1, 0.15) is 22.5 Å². The first-order valence-corrected chi connectivity index (χ1v) is 9.61. The van der Waals surface area contributed by atoms with E-state index in [2.05, 4.69) is 20.5 Å². The lowest BCUT2D eigenvalue weighted by Crippen LogP contribution is -2.47. The summed E-state index contributed by atoms with van der Waals surface area (Å²) in [6, 6.07) is 6.02. The highest BCUT2D eigenvalue weighted by atomic mass is 19.1. The first-order valence-electron chi connectivity index (χ1n) is 9.61. The van der Waals surface area contributed by atoms with Crippen LogP contribution in [0.5, 0.6) is 0 Å². The Morgan fingerprint density at radius 3 is 2.79 bits per heavy atom. The molecule has 1 aliphatic heterocycles. The minimum atomic E-state index is -0.342. The SMILES string of the molecule is CN1CCN(C(=O)c2cn(CCCNC(=O)C=Cc3cccc(F)c3)nn2)CC1. The van der Waals surface area contributed by atoms with E-state index in [1.807, 2.05) is 7.05 Å². The maximum Gasteiger partial charge on any atom is 0.276 e. The maximum absolute atomic E-state index is 13.1. The number of aromatic nitrogens is 3. The van der Waals surface area contributed by atoms with E-state index in [0.29, 0.717) is 43.9 Å². The number of aryl methyl sites for hydroxylation is 1. The third-order valence-electron chi connectivity index (χ3n) is 4.69. The number of hydrogen-bond acceptors (Lipinski definition) is 5. The van der Waals surface area contributed by atoms with Crippen molar-refractivity contribution in [2.24, 2.45) is 0 Å². The molecule has 1 aromatic heterocycles. The molecule has 29 heavy (non-hydrogen) atoms. The monoisotopic (exact) mass is 400 g/mol. The summed E-state index contributed by atoms with van der Waals surface area (Å²) in [6.07, 6.45) is 5.22. The third kappa shape index (κ3) is 6.21. The summed E-state index contributed by atoms with van der Waals surface area (Å²) in [4.78, 5) is 28.3. The smallest absolute Gasteiger partial charge is 0.276 e. The van der Waals surface area contributed by atoms with Crippen LogP contribution in [0.3, 0.4) is 0 Å². The highest BCUT2D eigenvalue weighted by Crippen LogP contribution is 2.06. The van der Waals surface area contributed by atoms with Gasteiger partial charge in [0.25, 0.3) is 5.91 Å². The summed E-state index contributed by atoms with van der Waals surface area (Å²) < 4.78 is 14.7. The predicted octanol–water partition coefficient (Wildman–Crippen LogP) is 1.02. The van der Waals surface area contributed by atoms with Crippen LogP contribution in [0.2, 0.25) is 0 Å². The number of nitrogens with zero attached hydrogens (tertiary/aromatic N) is 5. The number of carbonyl (C=O) groups excluding carboxylic acids is 2. The minimum absolute atomic E-state index is 0.0971. The van der Waals surface area contributed by atoms with Gasteiger partial charge in [0.05, 0.1) is 6.20 Å². The summed E-state index contributed by atoms with van der Waals surface area (Å²) in [5.41, 5.74) is 0.969. The molecule has 0 radical (unpaired) electrons. The lowest BCUT2D eigenvalue weighted by molar-refractivity contribution is -0.116. The maximum atomic E-state index is 13.1. The summed E-state index contributed by atoms with van der Waals surface area (Å²) in [6.45, 7) is 4.08. The zero-order chi connectivity index (χ0) is 20.6. The number of likely N-dealkylation sites (N-methyl/N-ethyl adjacent to an activating group) is 1. The first kappa shape index (κ1) is 20.7. The van der Waals surface area contributed by atoms with Gasteiger partial charge in [0.1, 0.15) is 5.82 Å². The molecule has 154 valence electrons. The Morgan fingerprint density at radius 1 is 1.24 bits per heavy atom. The van der Waals surface area contributed by atoms with Crippen LogP contribution in [-0.2, 0) is 11.3 Å². The molecule has 0 aliphatic carbocycles. The van der Waals surface area contributed by atoms with Crippen LogP contribution in [0.25, 0.3) is 6.08 Å². The number of hydrogen-bond donors (Lipinski definition) is 1. The van der Waals surface area contributed by atoms with Crippen LogP contribution in [0, 0.1) is 5.82 Å². The van der Waals surface area contributed by atoms with Crippen molar-refractivity contribution in [3.8, 4) is 0 Å². The van der Waals surface area contributed by atoms with Crippen molar-refractivity contribution in [3.63, 3.8) is 0 Å². The molecular formula is C20H25FN6O2. The normalized spacial score (nSPS) is 15.0. The second kappa shape index (κ2) is 9.92. The Bertz CT molecular complexity index is 873. The molecule has 8 nitrogen and oxygen atoms in total. The van der Waals surface area contributed by atoms with E-state index in [9.17, 15) is 14.0 Å². The van der Waals surface area contributed by atoms with Gasteiger partial charge in [-0.1, -0.05) is 17.3 Å². The van der Waals surface area contributed by atoms with Gasteiger partial charge in [-0.3, -0.25) is 14.3 Å². The van der Waals surface area contributed by atoms with Gasteiger partial charge in [0.15, 0.2) is 5.69 Å². The van der Waals surface area contributed by atoms with E-state index >= 15 is 0 Å². The Morgan fingerprint density at radius 2 is 2.03 bits per heavy atom. The van der Waals surface area contributed by atoms with E-state index in [1.165, 1.54) is 18.2 Å². The van der Waals surface area contributed by atoms with Crippen LogP contribution < -0.4 is 5.32 Å². The van der Waals surface area contributed by atoms with Gasteiger partial charge < -0.3 is 15.1 Å². The van der Waals surface area contributed by atoms with Crippen LogP contribution >= 0.6 is 0 Å². The van der Waals surface area contributed by atoms with Gasteiger partial charge in [-0.05, 0) is 37.2 Å². The molecule has 0 unspecified atom stereocenters. The molecule has 0 spiro atoms. The summed E-state index contributed by atoms with van der Waals surface area (Å²) in [5, 5.41) is 10.7. The second-order valence-corrected chi connectivity index (χ2v) is 7.00. The van der Waals surface area contributed by atoms with Crippen LogP contribution in [0.4, 0.5) is 4.39 Å². The average molecular weight is 400 g/mol. The second-order valence-electron chi connectivity index (χ2n) is 7.00. The Labute approximate surface area is 169 Å². The molecule has 1 aliphatic rings. The van der Waals surface area contributed by atoms with E-state index in [-0.39, 0.29) is 17.6 Å². The van der Waals surface area contributed by atoms with E-state index in [1.54, 1.807) is 34.0 Å². The molecule has 1 saturated heterocycles. The molecule has 2 amide bonds. The number of nitrogens with one attached hydrogen (secondary N) is 1. The molecule has 1 N–H and O–H groups in total. The fourth-order valence-corrected chi connectivity index (χ4v) is 2.97. The highest BCUT2D eigenvalue weighted by molar-refractivity contribution is 5.92. The van der Waals surface area contributed by atoms with E-state index in [0.717, 1.165) is 13.1 Å².